The highest BCUT2D eigenvalue weighted by molar-refractivity contribution is 7.92. The fourth-order valence-electron chi connectivity index (χ4n) is 3.70. The van der Waals surface area contributed by atoms with Gasteiger partial charge in [0.15, 0.2) is 5.82 Å². The molecular formula is C20H31N7O4S. The Labute approximate surface area is 192 Å². The van der Waals surface area contributed by atoms with Crippen LogP contribution < -0.4 is 14.5 Å². The lowest BCUT2D eigenvalue weighted by Crippen LogP contribution is -2.43. The zero-order valence-corrected chi connectivity index (χ0v) is 19.7. The van der Waals surface area contributed by atoms with E-state index in [1.165, 1.54) is 19.3 Å². The lowest BCUT2D eigenvalue weighted by molar-refractivity contribution is -0.163. The van der Waals surface area contributed by atoms with E-state index in [1.807, 2.05) is 0 Å². The Balaban J connectivity index is 1.18. The van der Waals surface area contributed by atoms with Crippen LogP contribution in [0.4, 0.5) is 11.8 Å². The third-order valence-electron chi connectivity index (χ3n) is 5.68. The average Bonchev–Trinajstić information content (AvgIpc) is 3.33. The molecule has 0 radical (unpaired) electrons. The quantitative estimate of drug-likeness (QED) is 0.235. The van der Waals surface area contributed by atoms with Gasteiger partial charge in [0.1, 0.15) is 18.0 Å². The molecule has 2 aromatic rings. The topological polar surface area (TPSA) is 102 Å². The molecule has 0 unspecified atom stereocenters. The molecule has 11 nitrogen and oxygen atoms in total. The van der Waals surface area contributed by atoms with E-state index < -0.39 is 0 Å². The van der Waals surface area contributed by atoms with E-state index in [-0.39, 0.29) is 5.92 Å². The van der Waals surface area contributed by atoms with Gasteiger partial charge in [-0.1, -0.05) is 19.0 Å². The second kappa shape index (κ2) is 11.1. The minimum atomic E-state index is 0.269. The van der Waals surface area contributed by atoms with Crippen molar-refractivity contribution in [3.8, 4) is 5.88 Å². The maximum absolute atomic E-state index is 5.92. The fraction of sp³-hybridized carbons (Fsp3) is 0.700. The molecule has 0 aliphatic carbocycles. The van der Waals surface area contributed by atoms with Crippen molar-refractivity contribution in [3.05, 3.63) is 18.2 Å². The molecule has 0 bridgehead atoms. The molecule has 4 rings (SSSR count). The maximum Gasteiger partial charge on any atom is 0.324 e. The third kappa shape index (κ3) is 6.00. The SMILES string of the molecule is COOSN1CCN(c2cnc(OCC3CCN(c4nc(C(C)C)no4)CC3)cn2)CC1. The van der Waals surface area contributed by atoms with Gasteiger partial charge in [-0.2, -0.15) is 4.98 Å². The van der Waals surface area contributed by atoms with E-state index in [4.69, 9.17) is 13.6 Å². The summed E-state index contributed by atoms with van der Waals surface area (Å²) in [7, 11) is 1.50. The first-order valence-corrected chi connectivity index (χ1v) is 11.7. The zero-order chi connectivity index (χ0) is 22.3. The summed E-state index contributed by atoms with van der Waals surface area (Å²) in [6, 6.07) is 0.625. The molecule has 2 aliphatic heterocycles. The van der Waals surface area contributed by atoms with Gasteiger partial charge in [-0.25, -0.2) is 19.2 Å². The molecule has 0 N–H and O–H groups in total. The van der Waals surface area contributed by atoms with Crippen LogP contribution in [0.1, 0.15) is 38.4 Å². The van der Waals surface area contributed by atoms with Crippen LogP contribution in [0.2, 0.25) is 0 Å². The Morgan fingerprint density at radius 2 is 1.84 bits per heavy atom. The number of hydrogen-bond donors (Lipinski definition) is 0. The van der Waals surface area contributed by atoms with E-state index in [9.17, 15) is 0 Å². The van der Waals surface area contributed by atoms with Gasteiger partial charge in [0, 0.05) is 45.2 Å². The standard InChI is InChI=1S/C20H31N7O4S/c1-15(2)19-23-20(30-24-19)26-6-4-16(5-7-26)14-29-18-13-21-17(12-22-18)25-8-10-27(11-9-25)32-31-28-3/h12-13,15-16H,4-11,14H2,1-3H3. The predicted molar refractivity (Wildman–Crippen MR) is 120 cm³/mol. The Morgan fingerprint density at radius 1 is 1.06 bits per heavy atom. The van der Waals surface area contributed by atoms with Crippen LogP contribution in [0.5, 0.6) is 5.88 Å². The van der Waals surface area contributed by atoms with Crippen molar-refractivity contribution >= 4 is 24.1 Å². The molecular weight excluding hydrogens is 434 g/mol. The predicted octanol–water partition coefficient (Wildman–Crippen LogP) is 2.54. The Kier molecular flexibility index (Phi) is 8.00. The Bertz CT molecular complexity index is 822. The minimum Gasteiger partial charge on any atom is -0.476 e. The van der Waals surface area contributed by atoms with Crippen LogP contribution in [0.3, 0.4) is 0 Å². The minimum absolute atomic E-state index is 0.269. The van der Waals surface area contributed by atoms with Gasteiger partial charge < -0.3 is 19.1 Å². The summed E-state index contributed by atoms with van der Waals surface area (Å²) in [5.41, 5.74) is 0. The molecule has 2 saturated heterocycles. The van der Waals surface area contributed by atoms with E-state index in [1.54, 1.807) is 12.4 Å². The number of nitrogens with zero attached hydrogens (tertiary/aromatic N) is 7. The van der Waals surface area contributed by atoms with Crippen molar-refractivity contribution < 1.29 is 18.5 Å². The van der Waals surface area contributed by atoms with Gasteiger partial charge >= 0.3 is 6.01 Å². The molecule has 2 aliphatic rings. The summed E-state index contributed by atoms with van der Waals surface area (Å²) < 4.78 is 18.4. The summed E-state index contributed by atoms with van der Waals surface area (Å²) >= 11 is 1.23. The van der Waals surface area contributed by atoms with Crippen LogP contribution in [-0.4, -0.2) is 77.4 Å². The number of aromatic nitrogens is 4. The summed E-state index contributed by atoms with van der Waals surface area (Å²) in [5.74, 6) is 2.93. The summed E-state index contributed by atoms with van der Waals surface area (Å²) in [4.78, 5) is 22.5. The van der Waals surface area contributed by atoms with E-state index in [0.29, 0.717) is 24.4 Å². The number of piperidine rings is 1. The molecule has 0 aromatic carbocycles. The Hall–Kier alpha value is -2.15. The molecule has 4 heterocycles. The molecule has 0 spiro atoms. The first-order valence-electron chi connectivity index (χ1n) is 11.0. The molecule has 32 heavy (non-hydrogen) atoms. The second-order valence-corrected chi connectivity index (χ2v) is 9.07. The number of piperazine rings is 1. The van der Waals surface area contributed by atoms with Gasteiger partial charge in [0.2, 0.25) is 5.88 Å². The first-order chi connectivity index (χ1) is 15.6. The molecule has 0 saturated carbocycles. The smallest absolute Gasteiger partial charge is 0.324 e. The number of hydrogen-bond acceptors (Lipinski definition) is 12. The largest absolute Gasteiger partial charge is 0.476 e. The van der Waals surface area contributed by atoms with Gasteiger partial charge in [-0.3, -0.25) is 0 Å². The zero-order valence-electron chi connectivity index (χ0n) is 18.8. The number of rotatable bonds is 9. The fourth-order valence-corrected chi connectivity index (χ4v) is 4.16. The molecule has 2 fully saturated rings. The lowest BCUT2D eigenvalue weighted by atomic mass is 9.98. The van der Waals surface area contributed by atoms with Crippen LogP contribution in [-0.2, 0) is 9.22 Å². The Morgan fingerprint density at radius 3 is 2.47 bits per heavy atom. The summed E-state index contributed by atoms with van der Waals surface area (Å²) in [6.45, 7) is 9.95. The van der Waals surface area contributed by atoms with Crippen LogP contribution in [0.15, 0.2) is 16.9 Å². The first kappa shape index (κ1) is 23.0. The average molecular weight is 466 g/mol. The normalized spacial score (nSPS) is 18.5. The van der Waals surface area contributed by atoms with Crippen LogP contribution in [0.25, 0.3) is 0 Å². The van der Waals surface area contributed by atoms with Crippen molar-refractivity contribution in [2.24, 2.45) is 5.92 Å². The third-order valence-corrected chi connectivity index (χ3v) is 6.45. The molecule has 0 amide bonds. The maximum atomic E-state index is 5.92. The van der Waals surface area contributed by atoms with Crippen LogP contribution in [0, 0.1) is 5.92 Å². The van der Waals surface area contributed by atoms with Crippen molar-refractivity contribution in [3.63, 3.8) is 0 Å². The monoisotopic (exact) mass is 465 g/mol. The number of ether oxygens (including phenoxy) is 1. The summed E-state index contributed by atoms with van der Waals surface area (Å²) in [5, 5.41) is 4.06. The van der Waals surface area contributed by atoms with Crippen molar-refractivity contribution in [1.82, 2.24) is 24.4 Å². The second-order valence-electron chi connectivity index (χ2n) is 8.27. The molecule has 0 atom stereocenters. The van der Waals surface area contributed by atoms with E-state index in [2.05, 4.69) is 52.9 Å². The van der Waals surface area contributed by atoms with Gasteiger partial charge in [0.25, 0.3) is 0 Å². The van der Waals surface area contributed by atoms with Gasteiger partial charge in [-0.05, 0) is 18.8 Å². The van der Waals surface area contributed by atoms with Gasteiger partial charge in [0.05, 0.1) is 26.1 Å². The van der Waals surface area contributed by atoms with E-state index >= 15 is 0 Å². The summed E-state index contributed by atoms with van der Waals surface area (Å²) in [6.07, 6.45) is 5.53. The van der Waals surface area contributed by atoms with Crippen molar-refractivity contribution in [2.45, 2.75) is 32.6 Å². The number of anilines is 2. The molecule has 2 aromatic heterocycles. The molecule has 12 heteroatoms. The van der Waals surface area contributed by atoms with E-state index in [0.717, 1.165) is 63.8 Å². The highest BCUT2D eigenvalue weighted by Crippen LogP contribution is 2.24. The highest BCUT2D eigenvalue weighted by Gasteiger charge is 2.24. The van der Waals surface area contributed by atoms with Crippen molar-refractivity contribution in [1.29, 1.82) is 0 Å². The highest BCUT2D eigenvalue weighted by atomic mass is 32.2. The van der Waals surface area contributed by atoms with Gasteiger partial charge in [-0.15, -0.1) is 4.33 Å². The lowest BCUT2D eigenvalue weighted by Gasteiger charge is -2.33. The van der Waals surface area contributed by atoms with Crippen molar-refractivity contribution in [2.75, 3.05) is 62.8 Å². The van der Waals surface area contributed by atoms with Crippen LogP contribution >= 0.6 is 12.2 Å². The molecule has 176 valence electrons.